The predicted octanol–water partition coefficient (Wildman–Crippen LogP) is 3.80. The molecule has 0 fully saturated rings. The maximum atomic E-state index is 12.5. The molecule has 0 saturated carbocycles. The van der Waals surface area contributed by atoms with E-state index in [1.165, 1.54) is 12.4 Å². The third kappa shape index (κ3) is 3.65. The number of rotatable bonds is 7. The van der Waals surface area contributed by atoms with Gasteiger partial charge in [0.25, 0.3) is 10.0 Å². The first-order chi connectivity index (χ1) is 10.4. The van der Waals surface area contributed by atoms with Gasteiger partial charge in [0.1, 0.15) is 0 Å². The number of unbranched alkanes of at least 4 members (excludes halogenated alkanes) is 2. The molecule has 0 saturated heterocycles. The van der Waals surface area contributed by atoms with E-state index < -0.39 is 10.0 Å². The predicted molar refractivity (Wildman–Crippen MR) is 86.7 cm³/mol. The average Bonchev–Trinajstić information content (AvgIpc) is 2.98. The topological polar surface area (TPSA) is 56.1 Å². The van der Waals surface area contributed by atoms with Crippen molar-refractivity contribution in [2.45, 2.75) is 44.4 Å². The van der Waals surface area contributed by atoms with Gasteiger partial charge in [-0.2, -0.15) is 0 Å². The molecule has 118 valence electrons. The number of carbonyl (C=O) groups excluding carboxylic acids is 1. The van der Waals surface area contributed by atoms with E-state index in [9.17, 15) is 13.2 Å². The molecule has 0 aliphatic rings. The van der Waals surface area contributed by atoms with Crippen molar-refractivity contribution in [2.75, 3.05) is 0 Å². The fraction of sp³-hybridized carbons (Fsp3) is 0.353. The number of nitrogens with zero attached hydrogens (tertiary/aromatic N) is 1. The van der Waals surface area contributed by atoms with Crippen LogP contribution in [0, 0.1) is 6.92 Å². The average molecular weight is 319 g/mol. The monoisotopic (exact) mass is 319 g/mol. The van der Waals surface area contributed by atoms with Crippen LogP contribution in [0.25, 0.3) is 0 Å². The molecule has 2 aromatic rings. The first-order valence-corrected chi connectivity index (χ1v) is 8.92. The van der Waals surface area contributed by atoms with Gasteiger partial charge in [-0.25, -0.2) is 12.4 Å². The van der Waals surface area contributed by atoms with E-state index in [0.717, 1.165) is 28.8 Å². The molecular weight excluding hydrogens is 298 g/mol. The van der Waals surface area contributed by atoms with E-state index in [2.05, 4.69) is 6.92 Å². The lowest BCUT2D eigenvalue weighted by molar-refractivity contribution is 0.0979. The minimum absolute atomic E-state index is 0.00805. The van der Waals surface area contributed by atoms with Crippen LogP contribution in [0.2, 0.25) is 0 Å². The Morgan fingerprint density at radius 1 is 1.09 bits per heavy atom. The Morgan fingerprint density at radius 3 is 2.41 bits per heavy atom. The minimum atomic E-state index is -3.63. The normalized spacial score (nSPS) is 11.5. The maximum Gasteiger partial charge on any atom is 0.267 e. The lowest BCUT2D eigenvalue weighted by Gasteiger charge is -2.05. The van der Waals surface area contributed by atoms with E-state index in [1.54, 1.807) is 30.3 Å². The van der Waals surface area contributed by atoms with Crippen LogP contribution in [0.5, 0.6) is 0 Å². The van der Waals surface area contributed by atoms with Gasteiger partial charge in [0.2, 0.25) is 0 Å². The summed E-state index contributed by atoms with van der Waals surface area (Å²) in [5.74, 6) is -0.00805. The van der Waals surface area contributed by atoms with E-state index in [1.807, 2.05) is 6.92 Å². The SMILES string of the molecule is CCCCCC(=O)c1ccn(S(=O)(=O)c2ccc(C)cc2)c1. The Labute approximate surface area is 131 Å². The summed E-state index contributed by atoms with van der Waals surface area (Å²) in [4.78, 5) is 12.3. The fourth-order valence-electron chi connectivity index (χ4n) is 2.20. The number of aryl methyl sites for hydroxylation is 1. The maximum absolute atomic E-state index is 12.5. The molecule has 1 heterocycles. The van der Waals surface area contributed by atoms with Crippen LogP contribution in [-0.2, 0) is 10.0 Å². The van der Waals surface area contributed by atoms with Crippen LogP contribution < -0.4 is 0 Å². The Balaban J connectivity index is 2.19. The second kappa shape index (κ2) is 6.92. The Morgan fingerprint density at radius 2 is 1.77 bits per heavy atom. The molecule has 5 heteroatoms. The van der Waals surface area contributed by atoms with Gasteiger partial charge in [-0.1, -0.05) is 37.5 Å². The molecule has 0 bridgehead atoms. The number of benzene rings is 1. The van der Waals surface area contributed by atoms with Gasteiger partial charge >= 0.3 is 0 Å². The molecule has 22 heavy (non-hydrogen) atoms. The number of Topliss-reactive ketones (excluding diaryl/α,β-unsaturated/α-hetero) is 1. The van der Waals surface area contributed by atoms with Crippen molar-refractivity contribution in [1.82, 2.24) is 3.97 Å². The van der Waals surface area contributed by atoms with E-state index >= 15 is 0 Å². The zero-order chi connectivity index (χ0) is 16.2. The molecule has 4 nitrogen and oxygen atoms in total. The van der Waals surface area contributed by atoms with Crippen molar-refractivity contribution in [3.63, 3.8) is 0 Å². The van der Waals surface area contributed by atoms with Gasteiger partial charge in [-0.05, 0) is 31.5 Å². The van der Waals surface area contributed by atoms with Crippen molar-refractivity contribution in [3.8, 4) is 0 Å². The quantitative estimate of drug-likeness (QED) is 0.576. The van der Waals surface area contributed by atoms with Crippen molar-refractivity contribution in [1.29, 1.82) is 0 Å². The first kappa shape index (κ1) is 16.5. The Hall–Kier alpha value is -1.88. The van der Waals surface area contributed by atoms with Gasteiger partial charge in [0, 0.05) is 24.4 Å². The number of hydrogen-bond donors (Lipinski definition) is 0. The molecule has 0 aliphatic heterocycles. The molecule has 0 unspecified atom stereocenters. The number of ketones is 1. The largest absolute Gasteiger partial charge is 0.294 e. The number of hydrogen-bond acceptors (Lipinski definition) is 3. The molecule has 0 radical (unpaired) electrons. The summed E-state index contributed by atoms with van der Waals surface area (Å²) in [5.41, 5.74) is 1.45. The molecule has 0 spiro atoms. The van der Waals surface area contributed by atoms with Gasteiger partial charge < -0.3 is 0 Å². The van der Waals surface area contributed by atoms with E-state index in [4.69, 9.17) is 0 Å². The van der Waals surface area contributed by atoms with E-state index in [-0.39, 0.29) is 10.7 Å². The van der Waals surface area contributed by atoms with Crippen LogP contribution in [0.15, 0.2) is 47.6 Å². The highest BCUT2D eigenvalue weighted by atomic mass is 32.2. The summed E-state index contributed by atoms with van der Waals surface area (Å²) in [6.07, 6.45) is 6.20. The molecule has 0 aliphatic carbocycles. The smallest absolute Gasteiger partial charge is 0.267 e. The Kier molecular flexibility index (Phi) is 5.19. The van der Waals surface area contributed by atoms with Crippen molar-refractivity contribution in [2.24, 2.45) is 0 Å². The van der Waals surface area contributed by atoms with Crippen molar-refractivity contribution < 1.29 is 13.2 Å². The summed E-state index contributed by atoms with van der Waals surface area (Å²) < 4.78 is 26.1. The van der Waals surface area contributed by atoms with Crippen molar-refractivity contribution in [3.05, 3.63) is 53.9 Å². The van der Waals surface area contributed by atoms with Crippen LogP contribution in [-0.4, -0.2) is 18.2 Å². The summed E-state index contributed by atoms with van der Waals surface area (Å²) in [5, 5.41) is 0. The highest BCUT2D eigenvalue weighted by Crippen LogP contribution is 2.17. The van der Waals surface area contributed by atoms with Crippen LogP contribution in [0.4, 0.5) is 0 Å². The summed E-state index contributed by atoms with van der Waals surface area (Å²) in [6, 6.07) is 8.24. The van der Waals surface area contributed by atoms with E-state index in [0.29, 0.717) is 12.0 Å². The molecule has 1 aromatic heterocycles. The van der Waals surface area contributed by atoms with Gasteiger partial charge in [-0.15, -0.1) is 0 Å². The van der Waals surface area contributed by atoms with Crippen LogP contribution in [0.3, 0.4) is 0 Å². The van der Waals surface area contributed by atoms with Gasteiger partial charge in [-0.3, -0.25) is 4.79 Å². The van der Waals surface area contributed by atoms with Gasteiger partial charge in [0.05, 0.1) is 4.90 Å². The molecule has 0 atom stereocenters. The highest BCUT2D eigenvalue weighted by molar-refractivity contribution is 7.90. The first-order valence-electron chi connectivity index (χ1n) is 7.48. The summed E-state index contributed by atoms with van der Waals surface area (Å²) in [7, 11) is -3.63. The van der Waals surface area contributed by atoms with Gasteiger partial charge in [0.15, 0.2) is 5.78 Å². The molecule has 0 amide bonds. The molecular formula is C17H21NO3S. The minimum Gasteiger partial charge on any atom is -0.294 e. The standard InChI is InChI=1S/C17H21NO3S/c1-3-4-5-6-17(19)15-11-12-18(13-15)22(20,21)16-9-7-14(2)8-10-16/h7-13H,3-6H2,1-2H3. The molecule has 2 rings (SSSR count). The zero-order valence-corrected chi connectivity index (χ0v) is 13.8. The molecule has 1 aromatic carbocycles. The molecule has 0 N–H and O–H groups in total. The lowest BCUT2D eigenvalue weighted by Crippen LogP contribution is -2.11. The fourth-order valence-corrected chi connectivity index (χ4v) is 3.40. The third-order valence-corrected chi connectivity index (χ3v) is 5.24. The Bertz CT molecular complexity index is 742. The third-order valence-electron chi connectivity index (χ3n) is 3.59. The summed E-state index contributed by atoms with van der Waals surface area (Å²) >= 11 is 0. The second-order valence-electron chi connectivity index (χ2n) is 5.43. The van der Waals surface area contributed by atoms with Crippen molar-refractivity contribution >= 4 is 15.8 Å². The number of aromatic nitrogens is 1. The summed E-state index contributed by atoms with van der Waals surface area (Å²) in [6.45, 7) is 3.98. The van der Waals surface area contributed by atoms with Crippen LogP contribution in [0.1, 0.15) is 48.5 Å². The lowest BCUT2D eigenvalue weighted by atomic mass is 10.1. The second-order valence-corrected chi connectivity index (χ2v) is 7.27. The highest BCUT2D eigenvalue weighted by Gasteiger charge is 2.18. The number of carbonyl (C=O) groups is 1. The zero-order valence-electron chi connectivity index (χ0n) is 13.0. The van der Waals surface area contributed by atoms with Crippen LogP contribution >= 0.6 is 0 Å².